The molecule has 2 atom stereocenters. The highest BCUT2D eigenvalue weighted by molar-refractivity contribution is 5.71. The minimum atomic E-state index is -0.386. The molecule has 2 aromatic rings. The summed E-state index contributed by atoms with van der Waals surface area (Å²) in [5.74, 6) is -0.875. The van der Waals surface area contributed by atoms with Crippen LogP contribution in [0.15, 0.2) is 54.6 Å². The molecular weight excluding hydrogens is 286 g/mol. The maximum absolute atomic E-state index is 12.0. The Hall–Kier alpha value is -2.60. The van der Waals surface area contributed by atoms with Crippen LogP contribution in [0.3, 0.4) is 0 Å². The number of hydrogen-bond donors (Lipinski definition) is 0. The SMILES string of the molecule is CCOC(=O)CC(c1ccc(C)cc1)C(C#N)c1ccccc1. The molecule has 0 radical (unpaired) electrons. The van der Waals surface area contributed by atoms with Crippen molar-refractivity contribution in [3.05, 3.63) is 71.3 Å². The van der Waals surface area contributed by atoms with Crippen LogP contribution < -0.4 is 0 Å². The van der Waals surface area contributed by atoms with E-state index in [9.17, 15) is 10.1 Å². The fourth-order valence-corrected chi connectivity index (χ4v) is 2.70. The second-order valence-corrected chi connectivity index (χ2v) is 5.54. The summed E-state index contributed by atoms with van der Waals surface area (Å²) in [6, 6.07) is 20.0. The predicted octanol–water partition coefficient (Wildman–Crippen LogP) is 4.34. The zero-order valence-corrected chi connectivity index (χ0v) is 13.5. The monoisotopic (exact) mass is 307 g/mol. The molecule has 0 saturated carbocycles. The first-order valence-corrected chi connectivity index (χ1v) is 7.82. The van der Waals surface area contributed by atoms with Crippen molar-refractivity contribution in [1.29, 1.82) is 5.26 Å². The average molecular weight is 307 g/mol. The Labute approximate surface area is 137 Å². The Morgan fingerprint density at radius 1 is 1.09 bits per heavy atom. The zero-order chi connectivity index (χ0) is 16.7. The van der Waals surface area contributed by atoms with E-state index in [-0.39, 0.29) is 24.2 Å². The van der Waals surface area contributed by atoms with Gasteiger partial charge in [0.2, 0.25) is 0 Å². The van der Waals surface area contributed by atoms with Gasteiger partial charge in [0.15, 0.2) is 0 Å². The number of esters is 1. The smallest absolute Gasteiger partial charge is 0.306 e. The lowest BCUT2D eigenvalue weighted by Gasteiger charge is -2.22. The lowest BCUT2D eigenvalue weighted by Crippen LogP contribution is -2.16. The second-order valence-electron chi connectivity index (χ2n) is 5.54. The minimum Gasteiger partial charge on any atom is -0.466 e. The van der Waals surface area contributed by atoms with Crippen LogP contribution in [0.4, 0.5) is 0 Å². The maximum Gasteiger partial charge on any atom is 0.306 e. The molecule has 0 heterocycles. The average Bonchev–Trinajstić information content (AvgIpc) is 2.57. The van der Waals surface area contributed by atoms with E-state index in [1.807, 2.05) is 61.5 Å². The summed E-state index contributed by atoms with van der Waals surface area (Å²) in [4.78, 5) is 12.0. The molecule has 0 aromatic heterocycles. The Morgan fingerprint density at radius 3 is 2.30 bits per heavy atom. The van der Waals surface area contributed by atoms with Gasteiger partial charge in [-0.3, -0.25) is 4.79 Å². The van der Waals surface area contributed by atoms with Gasteiger partial charge in [-0.15, -0.1) is 0 Å². The summed E-state index contributed by atoms with van der Waals surface area (Å²) in [7, 11) is 0. The molecular formula is C20H21NO2. The number of carbonyl (C=O) groups excluding carboxylic acids is 1. The zero-order valence-electron chi connectivity index (χ0n) is 13.5. The number of nitrogens with zero attached hydrogens (tertiary/aromatic N) is 1. The van der Waals surface area contributed by atoms with Crippen LogP contribution in [-0.4, -0.2) is 12.6 Å². The molecule has 3 heteroatoms. The number of rotatable bonds is 6. The first kappa shape index (κ1) is 16.8. The van der Waals surface area contributed by atoms with E-state index < -0.39 is 0 Å². The van der Waals surface area contributed by atoms with Crippen molar-refractivity contribution in [1.82, 2.24) is 0 Å². The summed E-state index contributed by atoms with van der Waals surface area (Å²) in [6.07, 6.45) is 0.198. The molecule has 118 valence electrons. The van der Waals surface area contributed by atoms with Gasteiger partial charge in [-0.1, -0.05) is 60.2 Å². The summed E-state index contributed by atoms with van der Waals surface area (Å²) in [6.45, 7) is 4.16. The summed E-state index contributed by atoms with van der Waals surface area (Å²) < 4.78 is 5.10. The van der Waals surface area contributed by atoms with Crippen molar-refractivity contribution < 1.29 is 9.53 Å². The van der Waals surface area contributed by atoms with Crippen molar-refractivity contribution in [2.45, 2.75) is 32.1 Å². The van der Waals surface area contributed by atoms with Gasteiger partial charge in [-0.2, -0.15) is 5.26 Å². The van der Waals surface area contributed by atoms with Gasteiger partial charge in [0.05, 0.1) is 25.0 Å². The van der Waals surface area contributed by atoms with Crippen molar-refractivity contribution >= 4 is 5.97 Å². The maximum atomic E-state index is 12.0. The van der Waals surface area contributed by atoms with Gasteiger partial charge in [0.25, 0.3) is 0 Å². The van der Waals surface area contributed by atoms with Gasteiger partial charge in [0.1, 0.15) is 0 Å². The molecule has 0 aliphatic carbocycles. The Bertz CT molecular complexity index is 671. The highest BCUT2D eigenvalue weighted by Crippen LogP contribution is 2.35. The largest absolute Gasteiger partial charge is 0.466 e. The number of nitriles is 1. The van der Waals surface area contributed by atoms with Crippen LogP contribution in [-0.2, 0) is 9.53 Å². The topological polar surface area (TPSA) is 50.1 Å². The van der Waals surface area contributed by atoms with E-state index in [1.54, 1.807) is 6.92 Å². The van der Waals surface area contributed by atoms with Crippen LogP contribution in [0.2, 0.25) is 0 Å². The molecule has 0 N–H and O–H groups in total. The first-order valence-electron chi connectivity index (χ1n) is 7.82. The molecule has 0 saturated heterocycles. The van der Waals surface area contributed by atoms with E-state index in [4.69, 9.17) is 4.74 Å². The third kappa shape index (κ3) is 4.43. The number of carbonyl (C=O) groups is 1. The molecule has 0 amide bonds. The fourth-order valence-electron chi connectivity index (χ4n) is 2.70. The molecule has 2 unspecified atom stereocenters. The van der Waals surface area contributed by atoms with Gasteiger partial charge in [0, 0.05) is 5.92 Å². The van der Waals surface area contributed by atoms with Gasteiger partial charge in [-0.25, -0.2) is 0 Å². The lowest BCUT2D eigenvalue weighted by molar-refractivity contribution is -0.143. The predicted molar refractivity (Wildman–Crippen MR) is 90.0 cm³/mol. The van der Waals surface area contributed by atoms with Crippen molar-refractivity contribution in [3.63, 3.8) is 0 Å². The highest BCUT2D eigenvalue weighted by Gasteiger charge is 2.27. The summed E-state index contributed by atoms with van der Waals surface area (Å²) in [5.41, 5.74) is 3.06. The first-order chi connectivity index (χ1) is 11.2. The summed E-state index contributed by atoms with van der Waals surface area (Å²) >= 11 is 0. The van der Waals surface area contributed by atoms with Crippen LogP contribution in [0, 0.1) is 18.3 Å². The van der Waals surface area contributed by atoms with Crippen molar-refractivity contribution in [2.24, 2.45) is 0 Å². The van der Waals surface area contributed by atoms with E-state index in [0.29, 0.717) is 6.61 Å². The number of benzene rings is 2. The molecule has 0 spiro atoms. The molecule has 0 aliphatic heterocycles. The Kier molecular flexibility index (Phi) is 5.94. The molecule has 0 fully saturated rings. The van der Waals surface area contributed by atoms with Gasteiger partial charge in [-0.05, 0) is 25.0 Å². The third-order valence-electron chi connectivity index (χ3n) is 3.90. The van der Waals surface area contributed by atoms with Crippen molar-refractivity contribution in [3.8, 4) is 6.07 Å². The molecule has 23 heavy (non-hydrogen) atoms. The van der Waals surface area contributed by atoms with Crippen LogP contribution in [0.5, 0.6) is 0 Å². The summed E-state index contributed by atoms with van der Waals surface area (Å²) in [5, 5.41) is 9.71. The molecule has 3 nitrogen and oxygen atoms in total. The van der Waals surface area contributed by atoms with E-state index in [1.165, 1.54) is 0 Å². The van der Waals surface area contributed by atoms with Crippen LogP contribution >= 0.6 is 0 Å². The molecule has 0 bridgehead atoms. The van der Waals surface area contributed by atoms with E-state index >= 15 is 0 Å². The fraction of sp³-hybridized carbons (Fsp3) is 0.300. The van der Waals surface area contributed by atoms with Crippen LogP contribution in [0.25, 0.3) is 0 Å². The normalized spacial score (nSPS) is 12.9. The quantitative estimate of drug-likeness (QED) is 0.746. The Morgan fingerprint density at radius 2 is 1.74 bits per heavy atom. The van der Waals surface area contributed by atoms with Gasteiger partial charge < -0.3 is 4.74 Å². The number of ether oxygens (including phenoxy) is 1. The Balaban J connectivity index is 2.37. The number of aryl methyl sites for hydroxylation is 1. The highest BCUT2D eigenvalue weighted by atomic mass is 16.5. The van der Waals surface area contributed by atoms with E-state index in [0.717, 1.165) is 16.7 Å². The minimum absolute atomic E-state index is 0.198. The lowest BCUT2D eigenvalue weighted by atomic mass is 9.80. The molecule has 0 aliphatic rings. The van der Waals surface area contributed by atoms with Crippen molar-refractivity contribution in [2.75, 3.05) is 6.61 Å². The van der Waals surface area contributed by atoms with Crippen LogP contribution in [0.1, 0.15) is 41.9 Å². The standard InChI is InChI=1S/C20H21NO2/c1-3-23-20(22)13-18(17-11-9-15(2)10-12-17)19(14-21)16-7-5-4-6-8-16/h4-12,18-19H,3,13H2,1-2H3. The molecule has 2 rings (SSSR count). The molecule has 2 aromatic carbocycles. The number of hydrogen-bond acceptors (Lipinski definition) is 3. The third-order valence-corrected chi connectivity index (χ3v) is 3.90. The second kappa shape index (κ2) is 8.14. The van der Waals surface area contributed by atoms with E-state index in [2.05, 4.69) is 6.07 Å². The van der Waals surface area contributed by atoms with Gasteiger partial charge >= 0.3 is 5.97 Å².